The Morgan fingerprint density at radius 2 is 0.548 bits per heavy atom. The van der Waals surface area contributed by atoms with Crippen molar-refractivity contribution in [2.45, 2.75) is 219 Å². The summed E-state index contributed by atoms with van der Waals surface area (Å²) in [4.78, 5) is 38.0. The number of unbranched alkanes of at least 4 members (excludes halogenated alkanes) is 10. The van der Waals surface area contributed by atoms with Crippen LogP contribution in [0.3, 0.4) is 0 Å². The number of carbonyl (C=O) groups is 3. The van der Waals surface area contributed by atoms with E-state index in [1.54, 1.807) is 0 Å². The maximum absolute atomic E-state index is 12.8. The highest BCUT2D eigenvalue weighted by Gasteiger charge is 2.19. The van der Waals surface area contributed by atoms with E-state index >= 15 is 0 Å². The van der Waals surface area contributed by atoms with E-state index in [0.717, 1.165) is 135 Å². The fourth-order valence-corrected chi connectivity index (χ4v) is 6.94. The van der Waals surface area contributed by atoms with Gasteiger partial charge in [0.1, 0.15) is 13.2 Å². The van der Waals surface area contributed by atoms with Gasteiger partial charge in [-0.1, -0.05) is 223 Å². The zero-order valence-corrected chi connectivity index (χ0v) is 46.3. The third-order valence-corrected chi connectivity index (χ3v) is 11.2. The molecule has 6 nitrogen and oxygen atoms in total. The Morgan fingerprint density at radius 1 is 0.288 bits per heavy atom. The van der Waals surface area contributed by atoms with Crippen molar-refractivity contribution in [3.63, 3.8) is 0 Å². The van der Waals surface area contributed by atoms with Gasteiger partial charge in [0.05, 0.1) is 0 Å². The molecule has 0 saturated heterocycles. The Balaban J connectivity index is 4.48. The first-order chi connectivity index (χ1) is 36.0. The molecule has 0 heterocycles. The minimum absolute atomic E-state index is 0.125. The quantitative estimate of drug-likeness (QED) is 0.0261. The van der Waals surface area contributed by atoms with Crippen LogP contribution < -0.4 is 0 Å². The monoisotopic (exact) mass is 1000 g/mol. The van der Waals surface area contributed by atoms with Gasteiger partial charge in [-0.3, -0.25) is 14.4 Å². The average Bonchev–Trinajstić information content (AvgIpc) is 3.39. The Bertz CT molecular complexity index is 1720. The smallest absolute Gasteiger partial charge is 0.306 e. The first kappa shape index (κ1) is 67.8. The molecule has 0 aliphatic rings. The van der Waals surface area contributed by atoms with Gasteiger partial charge in [0.2, 0.25) is 0 Å². The van der Waals surface area contributed by atoms with Crippen molar-refractivity contribution in [3.8, 4) is 0 Å². The van der Waals surface area contributed by atoms with Gasteiger partial charge in [-0.15, -0.1) is 0 Å². The van der Waals surface area contributed by atoms with Crippen LogP contribution in [0.15, 0.2) is 170 Å². The van der Waals surface area contributed by atoms with Crippen LogP contribution in [-0.4, -0.2) is 37.2 Å². The summed E-state index contributed by atoms with van der Waals surface area (Å²) in [5.41, 5.74) is 0. The molecule has 1 atom stereocenters. The van der Waals surface area contributed by atoms with Gasteiger partial charge in [0.15, 0.2) is 6.10 Å². The fraction of sp³-hybridized carbons (Fsp3) is 0.537. The van der Waals surface area contributed by atoms with Gasteiger partial charge < -0.3 is 14.2 Å². The molecule has 0 saturated carbocycles. The highest BCUT2D eigenvalue weighted by Crippen LogP contribution is 2.11. The van der Waals surface area contributed by atoms with Crippen LogP contribution in [0.2, 0.25) is 0 Å². The molecule has 0 aromatic heterocycles. The number of hydrogen-bond acceptors (Lipinski definition) is 6. The summed E-state index contributed by atoms with van der Waals surface area (Å²) in [6, 6.07) is 0. The van der Waals surface area contributed by atoms with Gasteiger partial charge in [-0.25, -0.2) is 0 Å². The standard InChI is InChI=1S/C67H102O6/c1-4-7-10-13-16-19-22-24-26-27-28-29-30-31-32-33-34-35-36-37-38-39-41-42-45-48-51-54-57-60-66(69)72-63-64(62-71-65(68)59-56-53-50-47-44-21-18-15-12-9-6-3)73-67(70)61-58-55-52-49-46-43-40-25-23-20-17-14-11-8-5-2/h7-8,10-11,15-20,24-26,28-29,31-32,34-35,37-38,40-42,46,48-49,51,64H,4-6,9,12-14,21-23,27,30,33,36,39,43-45,47,50,52-63H2,1-3H3/b10-7-,11-8-,18-15-,19-16-,20-17-,26-24-,29-28-,32-31-,35-34-,38-37-,40-25-,42-41-,49-46-,51-48-. The average molecular weight is 1000 g/mol. The SMILES string of the molecule is CC/C=C\C/C=C\C/C=C\C/C=C\C/C=C\C/C=C\C/C=C\C/C=C\C/C=C\CCCC(=O)OCC(COC(=O)CCCCCCC/C=C\CCCC)OC(=O)CCCC/C=C\C/C=C\C/C=C\C/C=C\CC. The molecule has 0 spiro atoms. The van der Waals surface area contributed by atoms with Crippen molar-refractivity contribution in [1.29, 1.82) is 0 Å². The molecule has 0 aliphatic heterocycles. The summed E-state index contributed by atoms with van der Waals surface area (Å²) < 4.78 is 16.7. The fourth-order valence-electron chi connectivity index (χ4n) is 6.94. The number of hydrogen-bond donors (Lipinski definition) is 0. The lowest BCUT2D eigenvalue weighted by atomic mass is 10.1. The largest absolute Gasteiger partial charge is 0.462 e. The van der Waals surface area contributed by atoms with E-state index in [1.165, 1.54) is 25.7 Å². The third kappa shape index (κ3) is 57.5. The van der Waals surface area contributed by atoms with E-state index in [4.69, 9.17) is 14.2 Å². The summed E-state index contributed by atoms with van der Waals surface area (Å²) in [6.45, 7) is 6.25. The molecule has 0 amide bonds. The predicted molar refractivity (Wildman–Crippen MR) is 315 cm³/mol. The summed E-state index contributed by atoms with van der Waals surface area (Å²) in [5.74, 6) is -1.05. The minimum atomic E-state index is -0.835. The van der Waals surface area contributed by atoms with Crippen molar-refractivity contribution in [1.82, 2.24) is 0 Å². The van der Waals surface area contributed by atoms with Gasteiger partial charge in [-0.05, 0) is 141 Å². The van der Waals surface area contributed by atoms with Crippen LogP contribution in [0.25, 0.3) is 0 Å². The normalized spacial score (nSPS) is 13.4. The van der Waals surface area contributed by atoms with Crippen LogP contribution in [0.1, 0.15) is 213 Å². The maximum Gasteiger partial charge on any atom is 0.306 e. The molecular formula is C67H102O6. The molecule has 1 unspecified atom stereocenters. The Morgan fingerprint density at radius 3 is 0.932 bits per heavy atom. The first-order valence-electron chi connectivity index (χ1n) is 28.6. The number of rotatable bonds is 49. The summed E-state index contributed by atoms with van der Waals surface area (Å²) >= 11 is 0. The van der Waals surface area contributed by atoms with E-state index < -0.39 is 6.10 Å². The highest BCUT2D eigenvalue weighted by atomic mass is 16.6. The molecule has 0 rings (SSSR count). The van der Waals surface area contributed by atoms with E-state index in [9.17, 15) is 14.4 Å². The number of ether oxygens (including phenoxy) is 3. The number of carbonyl (C=O) groups excluding carboxylic acids is 3. The number of esters is 3. The lowest BCUT2D eigenvalue weighted by molar-refractivity contribution is -0.167. The lowest BCUT2D eigenvalue weighted by Crippen LogP contribution is -2.30. The third-order valence-electron chi connectivity index (χ3n) is 11.2. The molecule has 0 N–H and O–H groups in total. The van der Waals surface area contributed by atoms with Crippen LogP contribution in [0.5, 0.6) is 0 Å². The minimum Gasteiger partial charge on any atom is -0.462 e. The van der Waals surface area contributed by atoms with Gasteiger partial charge in [-0.2, -0.15) is 0 Å². The highest BCUT2D eigenvalue weighted by molar-refractivity contribution is 5.71. The van der Waals surface area contributed by atoms with Crippen LogP contribution >= 0.6 is 0 Å². The van der Waals surface area contributed by atoms with Crippen molar-refractivity contribution in [2.75, 3.05) is 13.2 Å². The molecule has 0 aliphatic carbocycles. The van der Waals surface area contributed by atoms with E-state index in [-0.39, 0.29) is 44.0 Å². The maximum atomic E-state index is 12.8. The second-order valence-corrected chi connectivity index (χ2v) is 18.1. The molecule has 0 bridgehead atoms. The van der Waals surface area contributed by atoms with Crippen molar-refractivity contribution in [2.24, 2.45) is 0 Å². The summed E-state index contributed by atoms with van der Waals surface area (Å²) in [7, 11) is 0. The van der Waals surface area contributed by atoms with Gasteiger partial charge in [0, 0.05) is 19.3 Å². The van der Waals surface area contributed by atoms with E-state index in [0.29, 0.717) is 19.3 Å². The molecule has 0 fully saturated rings. The van der Waals surface area contributed by atoms with E-state index in [1.807, 2.05) is 0 Å². The van der Waals surface area contributed by atoms with Crippen molar-refractivity contribution < 1.29 is 28.6 Å². The second kappa shape index (κ2) is 59.3. The van der Waals surface area contributed by atoms with E-state index in [2.05, 4.69) is 191 Å². The molecule has 406 valence electrons. The first-order valence-corrected chi connectivity index (χ1v) is 28.6. The Kier molecular flexibility index (Phi) is 55.1. The molecule has 0 radical (unpaired) electrons. The predicted octanol–water partition coefficient (Wildman–Crippen LogP) is 19.5. The summed E-state index contributed by atoms with van der Waals surface area (Å²) in [5, 5.41) is 0. The van der Waals surface area contributed by atoms with Gasteiger partial charge in [0.25, 0.3) is 0 Å². The van der Waals surface area contributed by atoms with Crippen LogP contribution in [0, 0.1) is 0 Å². The topological polar surface area (TPSA) is 78.9 Å². The molecule has 6 heteroatoms. The number of allylic oxidation sites excluding steroid dienone is 28. The molecular weight excluding hydrogens is 901 g/mol. The van der Waals surface area contributed by atoms with Crippen molar-refractivity contribution >= 4 is 17.9 Å². The zero-order valence-electron chi connectivity index (χ0n) is 46.3. The summed E-state index contributed by atoms with van der Waals surface area (Å²) in [6.07, 6.45) is 87.9. The Hall–Kier alpha value is -5.23. The zero-order chi connectivity index (χ0) is 52.9. The van der Waals surface area contributed by atoms with Gasteiger partial charge >= 0.3 is 17.9 Å². The van der Waals surface area contributed by atoms with Crippen molar-refractivity contribution in [3.05, 3.63) is 170 Å². The van der Waals surface area contributed by atoms with Crippen LogP contribution in [0.4, 0.5) is 0 Å². The Labute approximate surface area is 447 Å². The lowest BCUT2D eigenvalue weighted by Gasteiger charge is -2.18. The second-order valence-electron chi connectivity index (χ2n) is 18.1. The van der Waals surface area contributed by atoms with Crippen LogP contribution in [-0.2, 0) is 28.6 Å². The molecule has 0 aromatic carbocycles. The molecule has 73 heavy (non-hydrogen) atoms. The molecule has 0 aromatic rings.